The maximum absolute atomic E-state index is 11.0. The predicted octanol–water partition coefficient (Wildman–Crippen LogP) is 0.216. The molecule has 0 aliphatic heterocycles. The number of nitrogens with one attached hydrogen (secondary N) is 1. The van der Waals surface area contributed by atoms with Crippen molar-refractivity contribution in [2.75, 3.05) is 11.9 Å². The number of aliphatic carboxylic acids is 1. The van der Waals surface area contributed by atoms with E-state index in [-0.39, 0.29) is 25.5 Å². The first-order valence-electron chi connectivity index (χ1n) is 4.95. The monoisotopic (exact) mass is 310 g/mol. The average Bonchev–Trinajstić information content (AvgIpc) is 2.24. The van der Waals surface area contributed by atoms with Crippen LogP contribution in [0.3, 0.4) is 0 Å². The summed E-state index contributed by atoms with van der Waals surface area (Å²) in [6.45, 7) is 0.00361. The first kappa shape index (κ1) is 15.9. The molecule has 0 aromatic rings. The Bertz CT molecular complexity index is 285. The number of alkyl carbamates (subject to hydrolysis) is 1. The normalized spacial score (nSPS) is 11.6. The smallest absolute Gasteiger partial charge is 0.413 e. The molecule has 0 fully saturated rings. The first-order chi connectivity index (χ1) is 7.95. The van der Waals surface area contributed by atoms with Gasteiger partial charge in [-0.3, -0.25) is 14.9 Å². The highest BCUT2D eigenvalue weighted by molar-refractivity contribution is 9.09. The van der Waals surface area contributed by atoms with Gasteiger partial charge in [-0.05, 0) is 6.42 Å². The molecule has 4 N–H and O–H groups in total. The summed E-state index contributed by atoms with van der Waals surface area (Å²) in [5, 5.41) is 10.9. The van der Waals surface area contributed by atoms with E-state index in [0.717, 1.165) is 0 Å². The third-order valence-electron chi connectivity index (χ3n) is 1.72. The minimum atomic E-state index is -1.10. The summed E-state index contributed by atoms with van der Waals surface area (Å²) in [6.07, 6.45) is -0.870. The van der Waals surface area contributed by atoms with E-state index < -0.39 is 18.0 Å². The van der Waals surface area contributed by atoms with E-state index in [1.807, 2.05) is 5.32 Å². The van der Waals surface area contributed by atoms with Crippen molar-refractivity contribution in [3.8, 4) is 0 Å². The summed E-state index contributed by atoms with van der Waals surface area (Å²) < 4.78 is 4.67. The highest BCUT2D eigenvalue weighted by Crippen LogP contribution is 1.95. The van der Waals surface area contributed by atoms with Crippen LogP contribution in [-0.2, 0) is 14.3 Å². The zero-order valence-corrected chi connectivity index (χ0v) is 10.7. The second-order valence-electron chi connectivity index (χ2n) is 3.28. The predicted molar refractivity (Wildman–Crippen MR) is 62.7 cm³/mol. The van der Waals surface area contributed by atoms with Gasteiger partial charge in [0.05, 0.1) is 6.42 Å². The number of imide groups is 1. The molecule has 17 heavy (non-hydrogen) atoms. The van der Waals surface area contributed by atoms with Crippen LogP contribution in [0.2, 0.25) is 0 Å². The van der Waals surface area contributed by atoms with Crippen molar-refractivity contribution in [2.45, 2.75) is 25.3 Å². The fraction of sp³-hybridized carbons (Fsp3) is 0.667. The standard InChI is InChI=1S/C9H15BrN2O5/c10-4-3-6(11)5-17-9(16)12-7(13)1-2-8(14)15/h6H,1-5,11H2,(H,14,15)(H,12,13,16). The van der Waals surface area contributed by atoms with Crippen molar-refractivity contribution in [3.05, 3.63) is 0 Å². The maximum Gasteiger partial charge on any atom is 0.413 e. The summed E-state index contributed by atoms with van der Waals surface area (Å²) >= 11 is 3.19. The molecule has 1 unspecified atom stereocenters. The molecule has 0 radical (unpaired) electrons. The van der Waals surface area contributed by atoms with Gasteiger partial charge < -0.3 is 15.6 Å². The van der Waals surface area contributed by atoms with Crippen LogP contribution in [-0.4, -0.2) is 41.1 Å². The summed E-state index contributed by atoms with van der Waals surface area (Å²) in [5.41, 5.74) is 5.56. The number of hydrogen-bond donors (Lipinski definition) is 3. The van der Waals surface area contributed by atoms with Crippen LogP contribution < -0.4 is 11.1 Å². The van der Waals surface area contributed by atoms with Gasteiger partial charge in [0, 0.05) is 17.8 Å². The van der Waals surface area contributed by atoms with E-state index in [2.05, 4.69) is 20.7 Å². The second-order valence-corrected chi connectivity index (χ2v) is 4.07. The number of carboxylic acid groups (broad SMARTS) is 1. The lowest BCUT2D eigenvalue weighted by Gasteiger charge is -2.10. The molecule has 1 atom stereocenters. The summed E-state index contributed by atoms with van der Waals surface area (Å²) in [6, 6.07) is -0.297. The molecule has 0 aromatic heterocycles. The molecule has 0 aliphatic carbocycles. The molecule has 0 saturated carbocycles. The second kappa shape index (κ2) is 8.94. The van der Waals surface area contributed by atoms with Gasteiger partial charge in [0.25, 0.3) is 0 Å². The van der Waals surface area contributed by atoms with E-state index >= 15 is 0 Å². The fourth-order valence-electron chi connectivity index (χ4n) is 0.839. The minimum Gasteiger partial charge on any atom is -0.481 e. The van der Waals surface area contributed by atoms with E-state index in [9.17, 15) is 14.4 Å². The molecule has 8 heteroatoms. The van der Waals surface area contributed by atoms with Crippen molar-refractivity contribution in [2.24, 2.45) is 5.73 Å². The number of carboxylic acids is 1. The SMILES string of the molecule is NC(CCBr)COC(=O)NC(=O)CCC(=O)O. The van der Waals surface area contributed by atoms with Gasteiger partial charge in [0.2, 0.25) is 5.91 Å². The molecule has 0 aromatic carbocycles. The maximum atomic E-state index is 11.0. The number of carbonyl (C=O) groups is 3. The Hall–Kier alpha value is -1.15. The summed E-state index contributed by atoms with van der Waals surface area (Å²) in [7, 11) is 0. The zero-order valence-electron chi connectivity index (χ0n) is 9.15. The molecule has 0 saturated heterocycles. The Kier molecular flexibility index (Phi) is 8.34. The molecule has 0 rings (SSSR count). The number of alkyl halides is 1. The van der Waals surface area contributed by atoms with Crippen molar-refractivity contribution in [3.63, 3.8) is 0 Å². The summed E-state index contributed by atoms with van der Waals surface area (Å²) in [5.74, 6) is -1.79. The van der Waals surface area contributed by atoms with Gasteiger partial charge in [-0.1, -0.05) is 15.9 Å². The summed E-state index contributed by atoms with van der Waals surface area (Å²) in [4.78, 5) is 32.2. The Morgan fingerprint density at radius 2 is 2.00 bits per heavy atom. The van der Waals surface area contributed by atoms with Gasteiger partial charge in [-0.25, -0.2) is 4.79 Å². The largest absolute Gasteiger partial charge is 0.481 e. The number of rotatable bonds is 7. The van der Waals surface area contributed by atoms with E-state index in [0.29, 0.717) is 11.8 Å². The average molecular weight is 311 g/mol. The molecule has 98 valence electrons. The fourth-order valence-corrected chi connectivity index (χ4v) is 1.43. The molecular weight excluding hydrogens is 296 g/mol. The molecule has 2 amide bonds. The van der Waals surface area contributed by atoms with Gasteiger partial charge in [-0.15, -0.1) is 0 Å². The number of carbonyl (C=O) groups excluding carboxylic acids is 2. The van der Waals surface area contributed by atoms with E-state index in [4.69, 9.17) is 10.8 Å². The Morgan fingerprint density at radius 3 is 2.53 bits per heavy atom. The van der Waals surface area contributed by atoms with Crippen LogP contribution in [0, 0.1) is 0 Å². The molecule has 0 heterocycles. The minimum absolute atomic E-state index is 0.00361. The lowest BCUT2D eigenvalue weighted by Crippen LogP contribution is -2.35. The number of ether oxygens (including phenoxy) is 1. The van der Waals surface area contributed by atoms with Crippen LogP contribution in [0.5, 0.6) is 0 Å². The highest BCUT2D eigenvalue weighted by atomic mass is 79.9. The Labute approximate surface area is 107 Å². The lowest BCUT2D eigenvalue weighted by molar-refractivity contribution is -0.138. The van der Waals surface area contributed by atoms with Gasteiger partial charge in [0.15, 0.2) is 0 Å². The van der Waals surface area contributed by atoms with Crippen LogP contribution in [0.15, 0.2) is 0 Å². The lowest BCUT2D eigenvalue weighted by atomic mass is 10.3. The molecule has 0 bridgehead atoms. The van der Waals surface area contributed by atoms with Gasteiger partial charge >= 0.3 is 12.1 Å². The third kappa shape index (κ3) is 9.76. The Balaban J connectivity index is 3.71. The number of hydrogen-bond acceptors (Lipinski definition) is 5. The van der Waals surface area contributed by atoms with Crippen LogP contribution in [0.4, 0.5) is 4.79 Å². The van der Waals surface area contributed by atoms with E-state index in [1.165, 1.54) is 0 Å². The zero-order chi connectivity index (χ0) is 13.3. The van der Waals surface area contributed by atoms with Crippen molar-refractivity contribution in [1.29, 1.82) is 0 Å². The van der Waals surface area contributed by atoms with Crippen molar-refractivity contribution in [1.82, 2.24) is 5.32 Å². The Morgan fingerprint density at radius 1 is 1.35 bits per heavy atom. The van der Waals surface area contributed by atoms with E-state index in [1.54, 1.807) is 0 Å². The topological polar surface area (TPSA) is 119 Å². The quantitative estimate of drug-likeness (QED) is 0.579. The molecular formula is C9H15BrN2O5. The number of nitrogens with two attached hydrogens (primary N) is 1. The first-order valence-corrected chi connectivity index (χ1v) is 6.07. The van der Waals surface area contributed by atoms with Gasteiger partial charge in [-0.2, -0.15) is 0 Å². The third-order valence-corrected chi connectivity index (χ3v) is 2.17. The number of amides is 2. The van der Waals surface area contributed by atoms with Gasteiger partial charge in [0.1, 0.15) is 6.61 Å². The molecule has 7 nitrogen and oxygen atoms in total. The van der Waals surface area contributed by atoms with Crippen molar-refractivity contribution >= 4 is 33.9 Å². The van der Waals surface area contributed by atoms with Crippen LogP contribution in [0.1, 0.15) is 19.3 Å². The van der Waals surface area contributed by atoms with Crippen LogP contribution >= 0.6 is 15.9 Å². The number of halogens is 1. The highest BCUT2D eigenvalue weighted by Gasteiger charge is 2.11. The molecule has 0 spiro atoms. The molecule has 0 aliphatic rings. The van der Waals surface area contributed by atoms with Crippen molar-refractivity contribution < 1.29 is 24.2 Å². The van der Waals surface area contributed by atoms with Crippen LogP contribution in [0.25, 0.3) is 0 Å².